The van der Waals surface area contributed by atoms with Gasteiger partial charge in [-0.05, 0) is 36.8 Å². The van der Waals surface area contributed by atoms with Crippen molar-refractivity contribution in [2.75, 3.05) is 19.6 Å². The molecular formula is C13H21N. The first kappa shape index (κ1) is 9.97. The molecule has 2 rings (SSSR count). The van der Waals surface area contributed by atoms with Crippen molar-refractivity contribution in [1.82, 2.24) is 4.90 Å². The minimum atomic E-state index is 0.541. The summed E-state index contributed by atoms with van der Waals surface area (Å²) in [4.78, 5) is 2.58. The number of hydrogen-bond acceptors (Lipinski definition) is 1. The third-order valence-corrected chi connectivity index (χ3v) is 3.23. The van der Waals surface area contributed by atoms with Crippen molar-refractivity contribution >= 4 is 0 Å². The zero-order chi connectivity index (χ0) is 10.0. The van der Waals surface area contributed by atoms with Crippen LogP contribution in [0.3, 0.4) is 0 Å². The predicted octanol–water partition coefficient (Wildman–Crippen LogP) is 2.99. The molecular weight excluding hydrogens is 170 g/mol. The SMILES string of the molecule is CC1(C)CCN(CC2=CCCC=C2)C1. The van der Waals surface area contributed by atoms with Crippen molar-refractivity contribution in [3.63, 3.8) is 0 Å². The topological polar surface area (TPSA) is 3.24 Å². The van der Waals surface area contributed by atoms with E-state index in [1.807, 2.05) is 0 Å². The minimum absolute atomic E-state index is 0.541. The second-order valence-electron chi connectivity index (χ2n) is 5.38. The molecule has 0 radical (unpaired) electrons. The average Bonchev–Trinajstić information content (AvgIpc) is 2.47. The van der Waals surface area contributed by atoms with Crippen molar-refractivity contribution in [2.45, 2.75) is 33.1 Å². The summed E-state index contributed by atoms with van der Waals surface area (Å²) in [5, 5.41) is 0. The van der Waals surface area contributed by atoms with Crippen LogP contribution in [-0.2, 0) is 0 Å². The Morgan fingerprint density at radius 1 is 1.36 bits per heavy atom. The highest BCUT2D eigenvalue weighted by Gasteiger charge is 2.28. The molecule has 1 heterocycles. The lowest BCUT2D eigenvalue weighted by Crippen LogP contribution is -2.25. The van der Waals surface area contributed by atoms with Crippen LogP contribution in [0.15, 0.2) is 23.8 Å². The molecule has 0 N–H and O–H groups in total. The molecule has 0 aromatic heterocycles. The Bertz CT molecular complexity index is 260. The Labute approximate surface area is 87.5 Å². The van der Waals surface area contributed by atoms with Gasteiger partial charge in [-0.3, -0.25) is 4.90 Å². The maximum atomic E-state index is 2.58. The normalized spacial score (nSPS) is 26.6. The van der Waals surface area contributed by atoms with Gasteiger partial charge in [-0.2, -0.15) is 0 Å². The van der Waals surface area contributed by atoms with Crippen LogP contribution in [0.4, 0.5) is 0 Å². The molecule has 0 saturated carbocycles. The number of hydrogen-bond donors (Lipinski definition) is 0. The zero-order valence-corrected chi connectivity index (χ0v) is 9.42. The quantitative estimate of drug-likeness (QED) is 0.648. The number of nitrogens with zero attached hydrogens (tertiary/aromatic N) is 1. The fraction of sp³-hybridized carbons (Fsp3) is 0.692. The van der Waals surface area contributed by atoms with Gasteiger partial charge in [0, 0.05) is 13.1 Å². The van der Waals surface area contributed by atoms with Gasteiger partial charge in [0.1, 0.15) is 0 Å². The van der Waals surface area contributed by atoms with Crippen LogP contribution in [0.5, 0.6) is 0 Å². The molecule has 0 atom stereocenters. The molecule has 0 aromatic carbocycles. The summed E-state index contributed by atoms with van der Waals surface area (Å²) >= 11 is 0. The fourth-order valence-electron chi connectivity index (χ4n) is 2.40. The Hall–Kier alpha value is -0.560. The van der Waals surface area contributed by atoms with Gasteiger partial charge in [-0.15, -0.1) is 0 Å². The molecule has 0 aromatic rings. The van der Waals surface area contributed by atoms with Crippen LogP contribution in [0.1, 0.15) is 33.1 Å². The summed E-state index contributed by atoms with van der Waals surface area (Å²) in [6.45, 7) is 8.45. The molecule has 0 unspecified atom stereocenters. The monoisotopic (exact) mass is 191 g/mol. The second-order valence-corrected chi connectivity index (χ2v) is 5.38. The van der Waals surface area contributed by atoms with Crippen LogP contribution in [0, 0.1) is 5.41 Å². The third-order valence-electron chi connectivity index (χ3n) is 3.23. The zero-order valence-electron chi connectivity index (χ0n) is 9.42. The molecule has 1 aliphatic heterocycles. The first-order valence-corrected chi connectivity index (χ1v) is 5.74. The first-order chi connectivity index (χ1) is 6.66. The molecule has 0 bridgehead atoms. The van der Waals surface area contributed by atoms with E-state index in [0.29, 0.717) is 5.41 Å². The van der Waals surface area contributed by atoms with Crippen molar-refractivity contribution in [3.8, 4) is 0 Å². The summed E-state index contributed by atoms with van der Waals surface area (Å²) in [6, 6.07) is 0. The average molecular weight is 191 g/mol. The van der Waals surface area contributed by atoms with Gasteiger partial charge in [0.15, 0.2) is 0 Å². The van der Waals surface area contributed by atoms with E-state index < -0.39 is 0 Å². The van der Waals surface area contributed by atoms with Gasteiger partial charge in [0.05, 0.1) is 0 Å². The summed E-state index contributed by atoms with van der Waals surface area (Å²) in [5.74, 6) is 0. The lowest BCUT2D eigenvalue weighted by molar-refractivity contribution is 0.311. The molecule has 1 saturated heterocycles. The Kier molecular flexibility index (Phi) is 2.78. The number of allylic oxidation sites excluding steroid dienone is 2. The molecule has 1 nitrogen and oxygen atoms in total. The highest BCUT2D eigenvalue weighted by Crippen LogP contribution is 2.29. The second kappa shape index (κ2) is 3.90. The van der Waals surface area contributed by atoms with Crippen LogP contribution in [0.25, 0.3) is 0 Å². The highest BCUT2D eigenvalue weighted by molar-refractivity contribution is 5.23. The van der Waals surface area contributed by atoms with Crippen molar-refractivity contribution in [1.29, 1.82) is 0 Å². The van der Waals surface area contributed by atoms with Gasteiger partial charge in [0.2, 0.25) is 0 Å². The third kappa shape index (κ3) is 2.48. The fourth-order valence-corrected chi connectivity index (χ4v) is 2.40. The largest absolute Gasteiger partial charge is 0.299 e. The van der Waals surface area contributed by atoms with Crippen LogP contribution in [-0.4, -0.2) is 24.5 Å². The standard InChI is InChI=1S/C13H21N/c1-13(2)8-9-14(11-13)10-12-6-4-3-5-7-12/h4,6-7H,3,5,8-11H2,1-2H3. The van der Waals surface area contributed by atoms with E-state index in [2.05, 4.69) is 37.0 Å². The Balaban J connectivity index is 1.87. The van der Waals surface area contributed by atoms with Crippen molar-refractivity contribution in [2.24, 2.45) is 5.41 Å². The van der Waals surface area contributed by atoms with E-state index in [1.54, 1.807) is 0 Å². The lowest BCUT2D eigenvalue weighted by atomic mass is 9.93. The summed E-state index contributed by atoms with van der Waals surface area (Å²) in [5.41, 5.74) is 2.06. The van der Waals surface area contributed by atoms with E-state index in [1.165, 1.54) is 44.5 Å². The first-order valence-electron chi connectivity index (χ1n) is 5.74. The molecule has 1 aliphatic carbocycles. The maximum Gasteiger partial charge on any atom is 0.0230 e. The van der Waals surface area contributed by atoms with E-state index in [0.717, 1.165) is 0 Å². The Morgan fingerprint density at radius 3 is 2.79 bits per heavy atom. The summed E-state index contributed by atoms with van der Waals surface area (Å²) in [6.07, 6.45) is 10.8. The highest BCUT2D eigenvalue weighted by atomic mass is 15.1. The lowest BCUT2D eigenvalue weighted by Gasteiger charge is -2.20. The molecule has 1 heteroatoms. The van der Waals surface area contributed by atoms with Crippen LogP contribution in [0.2, 0.25) is 0 Å². The Morgan fingerprint density at radius 2 is 2.21 bits per heavy atom. The molecule has 14 heavy (non-hydrogen) atoms. The van der Waals surface area contributed by atoms with Gasteiger partial charge in [-0.1, -0.05) is 32.1 Å². The number of rotatable bonds is 2. The van der Waals surface area contributed by atoms with E-state index in [9.17, 15) is 0 Å². The van der Waals surface area contributed by atoms with E-state index >= 15 is 0 Å². The summed E-state index contributed by atoms with van der Waals surface area (Å²) in [7, 11) is 0. The van der Waals surface area contributed by atoms with Gasteiger partial charge in [-0.25, -0.2) is 0 Å². The molecule has 0 amide bonds. The van der Waals surface area contributed by atoms with E-state index in [4.69, 9.17) is 0 Å². The van der Waals surface area contributed by atoms with Crippen molar-refractivity contribution in [3.05, 3.63) is 23.8 Å². The minimum Gasteiger partial charge on any atom is -0.299 e. The predicted molar refractivity (Wildman–Crippen MR) is 61.3 cm³/mol. The van der Waals surface area contributed by atoms with Gasteiger partial charge < -0.3 is 0 Å². The molecule has 2 aliphatic rings. The summed E-state index contributed by atoms with van der Waals surface area (Å²) < 4.78 is 0. The van der Waals surface area contributed by atoms with E-state index in [-0.39, 0.29) is 0 Å². The smallest absolute Gasteiger partial charge is 0.0230 e. The molecule has 1 fully saturated rings. The molecule has 78 valence electrons. The van der Waals surface area contributed by atoms with Gasteiger partial charge in [0.25, 0.3) is 0 Å². The maximum absolute atomic E-state index is 2.58. The van der Waals surface area contributed by atoms with Crippen LogP contribution < -0.4 is 0 Å². The van der Waals surface area contributed by atoms with Crippen LogP contribution >= 0.6 is 0 Å². The van der Waals surface area contributed by atoms with Gasteiger partial charge >= 0.3 is 0 Å². The number of likely N-dealkylation sites (tertiary alicyclic amines) is 1. The molecule has 0 spiro atoms. The van der Waals surface area contributed by atoms with Crippen molar-refractivity contribution < 1.29 is 0 Å².